The molecular weight excluding hydrogens is 401 g/mol. The lowest BCUT2D eigenvalue weighted by molar-refractivity contribution is -0.347. The SMILES string of the molecule is C#CCO[C@H]1C[C@H](COc2ccccc2Cl)N(c2nc(Cl)nc3[nH+]c[nH]c23)C1. The van der Waals surface area contributed by atoms with Crippen molar-refractivity contribution in [1.29, 1.82) is 0 Å². The number of hydrogen-bond donors (Lipinski definition) is 1. The summed E-state index contributed by atoms with van der Waals surface area (Å²) in [6.07, 6.45) is 7.73. The van der Waals surface area contributed by atoms with Crippen molar-refractivity contribution >= 4 is 40.2 Å². The summed E-state index contributed by atoms with van der Waals surface area (Å²) in [5.74, 6) is 3.84. The van der Waals surface area contributed by atoms with E-state index in [2.05, 4.69) is 30.8 Å². The quantitative estimate of drug-likeness (QED) is 0.491. The molecule has 3 aromatic rings. The third-order valence-corrected chi connectivity index (χ3v) is 5.09. The van der Waals surface area contributed by atoms with Gasteiger partial charge in [0.1, 0.15) is 19.0 Å². The van der Waals surface area contributed by atoms with Gasteiger partial charge in [-0.15, -0.1) is 6.42 Å². The molecule has 1 aliphatic heterocycles. The Morgan fingerprint density at radius 2 is 2.18 bits per heavy atom. The molecule has 0 unspecified atom stereocenters. The summed E-state index contributed by atoms with van der Waals surface area (Å²) in [4.78, 5) is 16.9. The van der Waals surface area contributed by atoms with Crippen molar-refractivity contribution in [2.24, 2.45) is 0 Å². The second-order valence-corrected chi connectivity index (χ2v) is 7.14. The van der Waals surface area contributed by atoms with Crippen LogP contribution in [0, 0.1) is 12.3 Å². The fourth-order valence-electron chi connectivity index (χ4n) is 3.37. The Bertz CT molecular complexity index is 1020. The maximum atomic E-state index is 6.21. The largest absolute Gasteiger partial charge is 0.490 e. The highest BCUT2D eigenvalue weighted by Gasteiger charge is 2.36. The first kappa shape index (κ1) is 18.8. The summed E-state index contributed by atoms with van der Waals surface area (Å²) in [5, 5.41) is 0.732. The molecule has 0 radical (unpaired) electrons. The highest BCUT2D eigenvalue weighted by atomic mass is 35.5. The van der Waals surface area contributed by atoms with E-state index in [1.807, 2.05) is 18.2 Å². The van der Waals surface area contributed by atoms with Crippen LogP contribution in [-0.2, 0) is 4.74 Å². The first-order valence-corrected chi connectivity index (χ1v) is 9.52. The van der Waals surface area contributed by atoms with Gasteiger partial charge in [0.15, 0.2) is 12.1 Å². The predicted octanol–water partition coefficient (Wildman–Crippen LogP) is 2.75. The maximum absolute atomic E-state index is 6.21. The number of benzene rings is 1. The van der Waals surface area contributed by atoms with Gasteiger partial charge in [-0.2, -0.15) is 4.98 Å². The fourth-order valence-corrected chi connectivity index (χ4v) is 3.72. The summed E-state index contributed by atoms with van der Waals surface area (Å²) in [7, 11) is 0. The molecule has 4 rings (SSSR count). The standard InChI is InChI=1S/C19H17Cl2N5O2/c1-2-7-27-13-8-12(10-28-15-6-4-3-5-14(15)20)26(9-13)18-16-17(23-11-22-16)24-19(21)25-18/h1,3-6,11-13H,7-10H2,(H,22,23,24,25)/p+1/t12-,13+/m1/s1. The molecule has 3 heterocycles. The molecule has 1 aliphatic rings. The Labute approximate surface area is 172 Å². The number of imidazole rings is 1. The first-order valence-electron chi connectivity index (χ1n) is 8.77. The van der Waals surface area contributed by atoms with Crippen molar-refractivity contribution in [1.82, 2.24) is 15.0 Å². The van der Waals surface area contributed by atoms with Crippen LogP contribution < -0.4 is 14.6 Å². The van der Waals surface area contributed by atoms with E-state index in [0.29, 0.717) is 35.4 Å². The van der Waals surface area contributed by atoms with E-state index >= 15 is 0 Å². The molecular formula is C19H18Cl2N5O2+. The van der Waals surface area contributed by atoms with Gasteiger partial charge in [0.2, 0.25) is 5.52 Å². The molecule has 0 bridgehead atoms. The van der Waals surface area contributed by atoms with Gasteiger partial charge in [0, 0.05) is 6.54 Å². The zero-order valence-corrected chi connectivity index (χ0v) is 16.4. The Morgan fingerprint density at radius 1 is 1.32 bits per heavy atom. The van der Waals surface area contributed by atoms with Crippen molar-refractivity contribution in [3.63, 3.8) is 0 Å². The summed E-state index contributed by atoms with van der Waals surface area (Å²) in [6.45, 7) is 1.28. The van der Waals surface area contributed by atoms with Crippen LogP contribution in [0.15, 0.2) is 30.6 Å². The van der Waals surface area contributed by atoms with E-state index in [4.69, 9.17) is 39.1 Å². The fraction of sp³-hybridized carbons (Fsp3) is 0.316. The third-order valence-electron chi connectivity index (χ3n) is 4.61. The van der Waals surface area contributed by atoms with Crippen molar-refractivity contribution < 1.29 is 14.5 Å². The van der Waals surface area contributed by atoms with Crippen LogP contribution in [0.3, 0.4) is 0 Å². The van der Waals surface area contributed by atoms with E-state index in [0.717, 1.165) is 11.9 Å². The lowest BCUT2D eigenvalue weighted by Gasteiger charge is -2.25. The van der Waals surface area contributed by atoms with Crippen LogP contribution in [-0.4, -0.2) is 46.9 Å². The van der Waals surface area contributed by atoms with E-state index < -0.39 is 0 Å². The van der Waals surface area contributed by atoms with Crippen LogP contribution >= 0.6 is 23.2 Å². The number of rotatable bonds is 6. The van der Waals surface area contributed by atoms with Gasteiger partial charge >= 0.3 is 10.9 Å². The van der Waals surface area contributed by atoms with Crippen molar-refractivity contribution in [2.45, 2.75) is 18.6 Å². The zero-order valence-electron chi connectivity index (χ0n) is 14.9. The average molecular weight is 419 g/mol. The third kappa shape index (κ3) is 3.85. The molecule has 2 atom stereocenters. The molecule has 0 saturated carbocycles. The van der Waals surface area contributed by atoms with Crippen LogP contribution in [0.4, 0.5) is 5.82 Å². The van der Waals surface area contributed by atoms with Gasteiger partial charge in [-0.1, -0.05) is 34.6 Å². The number of nitrogens with one attached hydrogen (secondary N) is 2. The first-order chi connectivity index (χ1) is 13.7. The van der Waals surface area contributed by atoms with Gasteiger partial charge in [-0.25, -0.2) is 4.98 Å². The normalized spacial score (nSPS) is 19.1. The Hall–Kier alpha value is -2.53. The number of halogens is 2. The number of ether oxygens (including phenoxy) is 2. The molecule has 1 fully saturated rings. The molecule has 0 amide bonds. The van der Waals surface area contributed by atoms with Crippen LogP contribution in [0.25, 0.3) is 11.2 Å². The summed E-state index contributed by atoms with van der Waals surface area (Å²) >= 11 is 12.3. The number of H-pyrrole nitrogens is 2. The Morgan fingerprint density at radius 3 is 3.00 bits per heavy atom. The van der Waals surface area contributed by atoms with Gasteiger partial charge in [0.25, 0.3) is 0 Å². The molecule has 2 N–H and O–H groups in total. The van der Waals surface area contributed by atoms with Crippen molar-refractivity contribution in [3.8, 4) is 18.1 Å². The van der Waals surface area contributed by atoms with Crippen molar-refractivity contribution in [2.75, 3.05) is 24.7 Å². The molecule has 1 aromatic carbocycles. The van der Waals surface area contributed by atoms with Gasteiger partial charge < -0.3 is 14.4 Å². The molecule has 144 valence electrons. The molecule has 1 saturated heterocycles. The average Bonchev–Trinajstić information content (AvgIpc) is 3.31. The minimum atomic E-state index is -0.0429. The van der Waals surface area contributed by atoms with Gasteiger partial charge in [-0.3, -0.25) is 4.98 Å². The number of aromatic amines is 2. The topological polar surface area (TPSA) is 77.4 Å². The summed E-state index contributed by atoms with van der Waals surface area (Å²) in [6, 6.07) is 7.38. The Balaban J connectivity index is 1.61. The number of anilines is 1. The number of aromatic nitrogens is 4. The monoisotopic (exact) mass is 418 g/mol. The zero-order chi connectivity index (χ0) is 19.5. The van der Waals surface area contributed by atoms with E-state index in [1.165, 1.54) is 0 Å². The number of fused-ring (bicyclic) bond motifs is 1. The molecule has 0 aliphatic carbocycles. The lowest BCUT2D eigenvalue weighted by atomic mass is 10.2. The van der Waals surface area contributed by atoms with Crippen LogP contribution in [0.1, 0.15) is 6.42 Å². The minimum Gasteiger partial charge on any atom is -0.490 e. The number of terminal acetylenes is 1. The van der Waals surface area contributed by atoms with Crippen LogP contribution in [0.5, 0.6) is 5.75 Å². The molecule has 28 heavy (non-hydrogen) atoms. The van der Waals surface area contributed by atoms with Gasteiger partial charge in [0.05, 0.1) is 17.2 Å². The van der Waals surface area contributed by atoms with E-state index in [1.54, 1.807) is 12.4 Å². The smallest absolute Gasteiger partial charge is 0.306 e. The minimum absolute atomic E-state index is 0.00323. The van der Waals surface area contributed by atoms with Crippen LogP contribution in [0.2, 0.25) is 10.3 Å². The van der Waals surface area contributed by atoms with Gasteiger partial charge in [-0.05, 0) is 30.2 Å². The highest BCUT2D eigenvalue weighted by Crippen LogP contribution is 2.31. The Kier molecular flexibility index (Phi) is 5.53. The molecule has 0 spiro atoms. The summed E-state index contributed by atoms with van der Waals surface area (Å²) < 4.78 is 11.8. The second-order valence-electron chi connectivity index (χ2n) is 6.39. The second kappa shape index (κ2) is 8.23. The van der Waals surface area contributed by atoms with Crippen molar-refractivity contribution in [3.05, 3.63) is 40.9 Å². The number of hydrogen-bond acceptors (Lipinski definition) is 5. The molecule has 2 aromatic heterocycles. The molecule has 7 nitrogen and oxygen atoms in total. The predicted molar refractivity (Wildman–Crippen MR) is 107 cm³/mol. The molecule has 9 heteroatoms. The summed E-state index contributed by atoms with van der Waals surface area (Å²) in [5.41, 5.74) is 1.40. The number of para-hydroxylation sites is 1. The maximum Gasteiger partial charge on any atom is 0.306 e. The lowest BCUT2D eigenvalue weighted by Crippen LogP contribution is -2.35. The highest BCUT2D eigenvalue weighted by molar-refractivity contribution is 6.32. The number of nitrogens with zero attached hydrogens (tertiary/aromatic N) is 3. The van der Waals surface area contributed by atoms with E-state index in [9.17, 15) is 0 Å². The van der Waals surface area contributed by atoms with E-state index in [-0.39, 0.29) is 24.0 Å².